The molecule has 8 aromatic rings. The zero-order valence-electron chi connectivity index (χ0n) is 24.5. The number of thiophene rings is 2. The molecule has 46 heavy (non-hydrogen) atoms. The molecule has 0 atom stereocenters. The average Bonchev–Trinajstić information content (AvgIpc) is 3.62. The summed E-state index contributed by atoms with van der Waals surface area (Å²) in [5.74, 6) is 0. The van der Waals surface area contributed by atoms with E-state index in [0.717, 1.165) is 25.9 Å². The minimum atomic E-state index is -1.41. The van der Waals surface area contributed by atoms with Gasteiger partial charge in [0, 0.05) is 50.8 Å². The van der Waals surface area contributed by atoms with Crippen LogP contribution in [0.5, 0.6) is 0 Å². The van der Waals surface area contributed by atoms with Gasteiger partial charge in [0.05, 0.1) is 0 Å². The van der Waals surface area contributed by atoms with Crippen LogP contribution in [0.2, 0.25) is 0 Å². The van der Waals surface area contributed by atoms with Crippen LogP contribution < -0.4 is 16.9 Å². The van der Waals surface area contributed by atoms with E-state index in [9.17, 15) is 10.0 Å². The number of nitrogens with two attached hydrogens (primary N) is 2. The smallest absolute Gasteiger partial charge is 0.423 e. The number of hydrogen-bond acceptors (Lipinski definition) is 6. The van der Waals surface area contributed by atoms with Crippen LogP contribution in [0.25, 0.3) is 51.5 Å². The minimum absolute atomic E-state index is 0. The summed E-state index contributed by atoms with van der Waals surface area (Å²) in [6.07, 6.45) is 0. The molecule has 0 saturated carbocycles. The van der Waals surface area contributed by atoms with E-state index in [0.29, 0.717) is 5.46 Å². The van der Waals surface area contributed by atoms with Crippen molar-refractivity contribution in [1.82, 2.24) is 0 Å². The number of benzene rings is 6. The van der Waals surface area contributed by atoms with Crippen molar-refractivity contribution in [2.75, 3.05) is 11.5 Å². The highest BCUT2D eigenvalue weighted by Crippen LogP contribution is 2.39. The van der Waals surface area contributed by atoms with E-state index in [-0.39, 0.29) is 14.9 Å². The van der Waals surface area contributed by atoms with Crippen LogP contribution in [-0.2, 0) is 0 Å². The predicted octanol–water partition coefficient (Wildman–Crippen LogP) is 10.2. The summed E-state index contributed by atoms with van der Waals surface area (Å²) in [4.78, 5) is 0. The first-order valence-electron chi connectivity index (χ1n) is 13.9. The fourth-order valence-corrected chi connectivity index (χ4v) is 7.81. The number of hydrogen-bond donors (Lipinski definition) is 4. The molecule has 0 radical (unpaired) electrons. The van der Waals surface area contributed by atoms with Crippen molar-refractivity contribution in [3.63, 3.8) is 0 Å². The number of rotatable bonds is 2. The maximum absolute atomic E-state index is 9.31. The maximum atomic E-state index is 9.31. The van der Waals surface area contributed by atoms with E-state index >= 15 is 0 Å². The van der Waals surface area contributed by atoms with Crippen LogP contribution in [0.1, 0.15) is 7.43 Å². The molecule has 0 saturated heterocycles. The SMILES string of the molecule is C.Nc1ccc(-c2cccc3c2sc2ccccc23)cc1.Nc1ccc(Br)cc1.OB(O)c1cccc2c1sc1ccccc12.[CH3-]. The molecular weight excluding hydrogens is 671 g/mol. The van der Waals surface area contributed by atoms with Gasteiger partial charge in [0.1, 0.15) is 0 Å². The Morgan fingerprint density at radius 2 is 0.978 bits per heavy atom. The molecule has 8 heteroatoms. The molecule has 0 aliphatic heterocycles. The van der Waals surface area contributed by atoms with E-state index in [1.54, 1.807) is 17.4 Å². The van der Waals surface area contributed by atoms with E-state index in [2.05, 4.69) is 76.6 Å². The molecule has 0 fully saturated rings. The first-order chi connectivity index (χ1) is 21.4. The van der Waals surface area contributed by atoms with Gasteiger partial charge < -0.3 is 28.9 Å². The fourth-order valence-electron chi connectivity index (χ4n) is 5.07. The lowest BCUT2D eigenvalue weighted by atomic mass is 9.80. The van der Waals surface area contributed by atoms with Gasteiger partial charge in [-0.1, -0.05) is 108 Å². The molecule has 0 unspecified atom stereocenters. The Morgan fingerprint density at radius 3 is 1.52 bits per heavy atom. The third kappa shape index (κ3) is 7.44. The molecule has 8 rings (SSSR count). The Balaban J connectivity index is 0.000000166. The average molecular weight is 707 g/mol. The number of fused-ring (bicyclic) bond motifs is 6. The summed E-state index contributed by atoms with van der Waals surface area (Å²) in [6.45, 7) is 0. The van der Waals surface area contributed by atoms with Crippen molar-refractivity contribution in [3.05, 3.63) is 145 Å². The van der Waals surface area contributed by atoms with Gasteiger partial charge in [-0.3, -0.25) is 0 Å². The summed E-state index contributed by atoms with van der Waals surface area (Å²) in [6, 6.07) is 44.5. The molecule has 2 heterocycles. The van der Waals surface area contributed by atoms with Gasteiger partial charge in [-0.05, 0) is 70.5 Å². The monoisotopic (exact) mass is 705 g/mol. The topological polar surface area (TPSA) is 92.5 Å². The molecule has 0 amide bonds. The van der Waals surface area contributed by atoms with Crippen molar-refractivity contribution < 1.29 is 10.0 Å². The van der Waals surface area contributed by atoms with Gasteiger partial charge in [0.25, 0.3) is 0 Å². The number of halogens is 1. The highest BCUT2D eigenvalue weighted by atomic mass is 79.9. The van der Waals surface area contributed by atoms with Crippen molar-refractivity contribution in [3.8, 4) is 11.1 Å². The Hall–Kier alpha value is -4.18. The molecule has 0 spiro atoms. The zero-order valence-corrected chi connectivity index (χ0v) is 27.7. The van der Waals surface area contributed by atoms with Crippen LogP contribution in [0.15, 0.2) is 138 Å². The second-order valence-electron chi connectivity index (χ2n) is 10.1. The lowest BCUT2D eigenvalue weighted by Crippen LogP contribution is -2.29. The van der Waals surface area contributed by atoms with Gasteiger partial charge >= 0.3 is 7.12 Å². The summed E-state index contributed by atoms with van der Waals surface area (Å²) >= 11 is 6.74. The summed E-state index contributed by atoms with van der Waals surface area (Å²) in [5, 5.41) is 23.5. The largest absolute Gasteiger partial charge is 0.489 e. The molecular formula is C38H35BBrN2O2S2-. The number of anilines is 2. The lowest BCUT2D eigenvalue weighted by molar-refractivity contribution is 0.426. The Labute approximate surface area is 286 Å². The number of nitrogen functional groups attached to an aromatic ring is 2. The van der Waals surface area contributed by atoms with E-state index < -0.39 is 7.12 Å². The predicted molar refractivity (Wildman–Crippen MR) is 210 cm³/mol. The quantitative estimate of drug-likeness (QED) is 0.0818. The third-order valence-electron chi connectivity index (χ3n) is 7.21. The van der Waals surface area contributed by atoms with Crippen molar-refractivity contribution in [1.29, 1.82) is 0 Å². The molecule has 0 bridgehead atoms. The van der Waals surface area contributed by atoms with Crippen LogP contribution in [0.3, 0.4) is 0 Å². The molecule has 2 aromatic heterocycles. The van der Waals surface area contributed by atoms with Gasteiger partial charge in [0.2, 0.25) is 0 Å². The van der Waals surface area contributed by atoms with Crippen LogP contribution >= 0.6 is 38.6 Å². The Morgan fingerprint density at radius 1 is 0.522 bits per heavy atom. The molecule has 6 aromatic carbocycles. The first kappa shape index (κ1) is 34.7. The molecule has 232 valence electrons. The molecule has 6 N–H and O–H groups in total. The maximum Gasteiger partial charge on any atom is 0.489 e. The molecule has 4 nitrogen and oxygen atoms in total. The first-order valence-corrected chi connectivity index (χ1v) is 16.3. The Bertz CT molecular complexity index is 2170. The summed E-state index contributed by atoms with van der Waals surface area (Å²) < 4.78 is 5.87. The normalized spacial score (nSPS) is 10.3. The van der Waals surface area contributed by atoms with Gasteiger partial charge in [-0.2, -0.15) is 0 Å². The van der Waals surface area contributed by atoms with Crippen molar-refractivity contribution in [2.45, 2.75) is 7.43 Å². The van der Waals surface area contributed by atoms with Gasteiger partial charge in [0.15, 0.2) is 0 Å². The lowest BCUT2D eigenvalue weighted by Gasteiger charge is -2.04. The standard InChI is InChI=1S/C18H13NS.C12H9BO2S.C6H6BrN.CH4.CH3/c19-13-10-8-12(9-11-13)14-5-3-6-16-15-4-1-2-7-17(15)20-18(14)16;14-13(15)10-6-3-5-9-8-4-1-2-7-11(8)16-12(9)10;7-5-1-3-6(8)4-2-5;;/h1-11H,19H2;1-7,14-15H;1-4H,8H2;1H4;1H3/q;;;;-1. The molecule has 0 aliphatic rings. The van der Waals surface area contributed by atoms with Crippen LogP contribution in [0.4, 0.5) is 11.4 Å². The highest BCUT2D eigenvalue weighted by molar-refractivity contribution is 9.10. The zero-order chi connectivity index (χ0) is 30.6. The second-order valence-corrected chi connectivity index (χ2v) is 13.2. The summed E-state index contributed by atoms with van der Waals surface area (Å²) in [5.41, 5.74) is 15.9. The van der Waals surface area contributed by atoms with Crippen LogP contribution in [0, 0.1) is 7.43 Å². The van der Waals surface area contributed by atoms with E-state index in [4.69, 9.17) is 11.5 Å². The highest BCUT2D eigenvalue weighted by Gasteiger charge is 2.17. The Kier molecular flexibility index (Phi) is 11.6. The third-order valence-corrected chi connectivity index (χ3v) is 10.2. The minimum Gasteiger partial charge on any atom is -0.423 e. The van der Waals surface area contributed by atoms with E-state index in [1.165, 1.54) is 41.4 Å². The fraction of sp³-hybridized carbons (Fsp3) is 0.0263. The molecule has 0 aliphatic carbocycles. The van der Waals surface area contributed by atoms with Gasteiger partial charge in [-0.15, -0.1) is 22.7 Å². The summed E-state index contributed by atoms with van der Waals surface area (Å²) in [7, 11) is -1.41. The van der Waals surface area contributed by atoms with Crippen LogP contribution in [-0.4, -0.2) is 17.2 Å². The van der Waals surface area contributed by atoms with Gasteiger partial charge in [-0.25, -0.2) is 0 Å². The second kappa shape index (κ2) is 15.4. The van der Waals surface area contributed by atoms with Crippen molar-refractivity contribution in [2.24, 2.45) is 0 Å². The van der Waals surface area contributed by atoms with E-state index in [1.807, 2.05) is 78.1 Å². The van der Waals surface area contributed by atoms with Crippen molar-refractivity contribution >= 4 is 103 Å².